The van der Waals surface area contributed by atoms with Crippen LogP contribution in [0.15, 0.2) is 59.7 Å². The van der Waals surface area contributed by atoms with Gasteiger partial charge in [-0.05, 0) is 44.9 Å². The van der Waals surface area contributed by atoms with Gasteiger partial charge in [0.15, 0.2) is 0 Å². The van der Waals surface area contributed by atoms with Gasteiger partial charge in [-0.1, -0.05) is 24.3 Å². The molecule has 2 aromatic heterocycles. The summed E-state index contributed by atoms with van der Waals surface area (Å²) in [6.07, 6.45) is 4.89. The van der Waals surface area contributed by atoms with E-state index in [1.807, 2.05) is 60.6 Å². The predicted molar refractivity (Wildman–Crippen MR) is 133 cm³/mol. The number of nitrogens with zero attached hydrogens (tertiary/aromatic N) is 5. The topological polar surface area (TPSA) is 86.6 Å². The first kappa shape index (κ1) is 22.9. The fourth-order valence-corrected chi connectivity index (χ4v) is 5.69. The van der Waals surface area contributed by atoms with E-state index < -0.39 is 11.4 Å². The van der Waals surface area contributed by atoms with Gasteiger partial charge in [-0.2, -0.15) is 9.78 Å². The van der Waals surface area contributed by atoms with E-state index in [1.54, 1.807) is 12.4 Å². The van der Waals surface area contributed by atoms with Crippen LogP contribution in [0.25, 0.3) is 5.69 Å². The van der Waals surface area contributed by atoms with Crippen LogP contribution in [0, 0.1) is 0 Å². The first-order chi connectivity index (χ1) is 16.5. The van der Waals surface area contributed by atoms with Crippen molar-refractivity contribution in [2.24, 2.45) is 0 Å². The summed E-state index contributed by atoms with van der Waals surface area (Å²) < 4.78 is 22.4. The largest absolute Gasteiger partial charge is 0.598 e. The van der Waals surface area contributed by atoms with Crippen molar-refractivity contribution < 1.29 is 9.29 Å². The summed E-state index contributed by atoms with van der Waals surface area (Å²) in [5.41, 5.74) is 3.15. The molecule has 9 heteroatoms. The summed E-state index contributed by atoms with van der Waals surface area (Å²) in [4.78, 5) is 20.3. The van der Waals surface area contributed by atoms with Crippen LogP contribution in [0.1, 0.15) is 37.6 Å². The van der Waals surface area contributed by atoms with Gasteiger partial charge >= 0.3 is 5.56 Å². The minimum absolute atomic E-state index is 0.0814. The van der Waals surface area contributed by atoms with Crippen molar-refractivity contribution >= 4 is 17.0 Å². The zero-order chi connectivity index (χ0) is 23.7. The maximum Gasteiger partial charge on any atom is 0.316 e. The minimum atomic E-state index is -1.01. The molecule has 34 heavy (non-hydrogen) atoms. The van der Waals surface area contributed by atoms with Crippen molar-refractivity contribution in [3.63, 3.8) is 0 Å². The number of hydrogen-bond donors (Lipinski definition) is 0. The van der Waals surface area contributed by atoms with E-state index in [2.05, 4.69) is 15.0 Å². The molecule has 2 atom stereocenters. The Morgan fingerprint density at radius 3 is 2.59 bits per heavy atom. The van der Waals surface area contributed by atoms with Gasteiger partial charge in [-0.15, -0.1) is 4.31 Å². The Labute approximate surface area is 202 Å². The van der Waals surface area contributed by atoms with Gasteiger partial charge in [-0.3, -0.25) is 9.78 Å². The molecule has 0 saturated carbocycles. The third-order valence-corrected chi connectivity index (χ3v) is 8.01. The molecule has 1 unspecified atom stereocenters. The molecule has 1 aliphatic carbocycles. The van der Waals surface area contributed by atoms with Crippen LogP contribution in [-0.2, 0) is 17.8 Å². The quantitative estimate of drug-likeness (QED) is 0.503. The second-order valence-electron chi connectivity index (χ2n) is 8.84. The first-order valence-corrected chi connectivity index (χ1v) is 12.9. The highest BCUT2D eigenvalue weighted by Gasteiger charge is 2.32. The molecule has 178 valence electrons. The molecule has 1 aliphatic heterocycles. The highest BCUT2D eigenvalue weighted by molar-refractivity contribution is 7.89. The Morgan fingerprint density at radius 2 is 1.85 bits per heavy atom. The Kier molecular flexibility index (Phi) is 6.58. The normalized spacial score (nSPS) is 19.3. The molecule has 0 bridgehead atoms. The van der Waals surface area contributed by atoms with E-state index in [1.165, 1.54) is 4.68 Å². The van der Waals surface area contributed by atoms with Crippen LogP contribution in [0.3, 0.4) is 0 Å². The number of rotatable bonds is 6. The summed E-state index contributed by atoms with van der Waals surface area (Å²) in [7, 11) is 0. The number of aromatic nitrogens is 3. The number of anilines is 1. The van der Waals surface area contributed by atoms with Gasteiger partial charge in [0.05, 0.1) is 25.0 Å². The summed E-state index contributed by atoms with van der Waals surface area (Å²) >= 11 is -1.01. The van der Waals surface area contributed by atoms with Crippen LogP contribution in [0.5, 0.6) is 5.75 Å². The van der Waals surface area contributed by atoms with Gasteiger partial charge in [0, 0.05) is 41.9 Å². The SMILES string of the molecule is CC(C)[S@@+]([O-])N1CCN(c2cnn(-c3ccccc3)c(=O)c2OC2CCc3ncccc32)CC1. The Hall–Kier alpha value is -2.88. The lowest BCUT2D eigenvalue weighted by atomic mass is 10.2. The summed E-state index contributed by atoms with van der Waals surface area (Å²) in [6.45, 7) is 6.54. The summed E-state index contributed by atoms with van der Waals surface area (Å²) in [5, 5.41) is 4.56. The van der Waals surface area contributed by atoms with Gasteiger partial charge in [-0.25, -0.2) is 0 Å². The molecule has 1 aromatic carbocycles. The third kappa shape index (κ3) is 4.43. The number of piperazine rings is 1. The predicted octanol–water partition coefficient (Wildman–Crippen LogP) is 2.89. The van der Waals surface area contributed by atoms with Crippen LogP contribution in [-0.4, -0.2) is 55.1 Å². The molecule has 8 nitrogen and oxygen atoms in total. The first-order valence-electron chi connectivity index (χ1n) is 11.7. The molecule has 3 heterocycles. The maximum atomic E-state index is 13.7. The van der Waals surface area contributed by atoms with Crippen LogP contribution in [0.4, 0.5) is 5.69 Å². The molecular weight excluding hydrogens is 450 g/mol. The lowest BCUT2D eigenvalue weighted by Crippen LogP contribution is -2.50. The van der Waals surface area contributed by atoms with E-state index in [4.69, 9.17) is 4.74 Å². The van der Waals surface area contributed by atoms with Gasteiger partial charge in [0.1, 0.15) is 17.0 Å². The van der Waals surface area contributed by atoms with Crippen LogP contribution >= 0.6 is 0 Å². The maximum absolute atomic E-state index is 13.7. The lowest BCUT2D eigenvalue weighted by molar-refractivity contribution is 0.203. The van der Waals surface area contributed by atoms with E-state index in [9.17, 15) is 9.35 Å². The monoisotopic (exact) mass is 479 g/mol. The van der Waals surface area contributed by atoms with Gasteiger partial charge in [0.25, 0.3) is 0 Å². The van der Waals surface area contributed by atoms with Crippen molar-refractivity contribution in [2.45, 2.75) is 38.0 Å². The number of pyridine rings is 1. The zero-order valence-electron chi connectivity index (χ0n) is 19.5. The Morgan fingerprint density at radius 1 is 1.09 bits per heavy atom. The third-order valence-electron chi connectivity index (χ3n) is 6.33. The van der Waals surface area contributed by atoms with Crippen molar-refractivity contribution in [2.75, 3.05) is 31.1 Å². The molecule has 1 fully saturated rings. The van der Waals surface area contributed by atoms with Crippen molar-refractivity contribution in [3.8, 4) is 11.4 Å². The summed E-state index contributed by atoms with van der Waals surface area (Å²) in [5.74, 6) is 0.305. The molecule has 5 rings (SSSR count). The smallest absolute Gasteiger partial charge is 0.316 e. The number of fused-ring (bicyclic) bond motifs is 1. The average molecular weight is 480 g/mol. The number of para-hydroxylation sites is 1. The highest BCUT2D eigenvalue weighted by Crippen LogP contribution is 2.36. The Bertz CT molecular complexity index is 1190. The summed E-state index contributed by atoms with van der Waals surface area (Å²) in [6, 6.07) is 13.3. The number of benzene rings is 1. The zero-order valence-corrected chi connectivity index (χ0v) is 20.3. The molecule has 0 spiro atoms. The molecule has 0 amide bonds. The highest BCUT2D eigenvalue weighted by atomic mass is 32.2. The van der Waals surface area contributed by atoms with E-state index in [-0.39, 0.29) is 16.9 Å². The van der Waals surface area contributed by atoms with Gasteiger partial charge in [0.2, 0.25) is 5.75 Å². The number of aryl methyl sites for hydroxylation is 1. The van der Waals surface area contributed by atoms with E-state index in [0.29, 0.717) is 43.3 Å². The van der Waals surface area contributed by atoms with Crippen LogP contribution in [0.2, 0.25) is 0 Å². The number of ether oxygens (including phenoxy) is 1. The lowest BCUT2D eigenvalue weighted by Gasteiger charge is -2.37. The molecule has 2 aliphatic rings. The molecule has 1 saturated heterocycles. The van der Waals surface area contributed by atoms with Crippen LogP contribution < -0.4 is 15.2 Å². The molecule has 0 radical (unpaired) electrons. The molecule has 3 aromatic rings. The number of hydrogen-bond acceptors (Lipinski definition) is 7. The molecular formula is C25H29N5O3S. The van der Waals surface area contributed by atoms with E-state index >= 15 is 0 Å². The minimum Gasteiger partial charge on any atom is -0.598 e. The van der Waals surface area contributed by atoms with Crippen molar-refractivity contribution in [1.29, 1.82) is 0 Å². The fourth-order valence-electron chi connectivity index (χ4n) is 4.57. The van der Waals surface area contributed by atoms with Crippen molar-refractivity contribution in [3.05, 3.63) is 76.5 Å². The van der Waals surface area contributed by atoms with E-state index in [0.717, 1.165) is 24.1 Å². The second-order valence-corrected chi connectivity index (χ2v) is 10.8. The van der Waals surface area contributed by atoms with Crippen molar-refractivity contribution in [1.82, 2.24) is 19.1 Å². The van der Waals surface area contributed by atoms with Gasteiger partial charge < -0.3 is 14.2 Å². The molecule has 0 N–H and O–H groups in total. The standard InChI is InChI=1S/C25H29N5O3S/c1-18(2)34(32)29-15-13-28(14-16-29)22-17-27-30(19-7-4-3-5-8-19)25(31)24(22)33-23-11-10-21-20(23)9-6-12-26-21/h3-9,12,17-18,23H,10-11,13-16H2,1-2H3/t23?,34-/m1/s1. The average Bonchev–Trinajstić information content (AvgIpc) is 3.28. The Balaban J connectivity index is 1.48. The fraction of sp³-hybridized carbons (Fsp3) is 0.400. The second kappa shape index (κ2) is 9.77.